The van der Waals surface area contributed by atoms with Crippen molar-refractivity contribution in [3.8, 4) is 0 Å². The van der Waals surface area contributed by atoms with E-state index in [4.69, 9.17) is 5.84 Å². The summed E-state index contributed by atoms with van der Waals surface area (Å²) < 4.78 is 28.0. The number of carbonyl (C=O) groups excluding carboxylic acids is 1. The zero-order valence-corrected chi connectivity index (χ0v) is 16.6. The van der Waals surface area contributed by atoms with Gasteiger partial charge in [0, 0.05) is 11.7 Å². The fourth-order valence-corrected chi connectivity index (χ4v) is 4.05. The molecule has 2 aromatic rings. The predicted octanol–water partition coefficient (Wildman–Crippen LogP) is 1.11. The van der Waals surface area contributed by atoms with Crippen molar-refractivity contribution in [3.63, 3.8) is 0 Å². The Kier molecular flexibility index (Phi) is 6.26. The van der Waals surface area contributed by atoms with Crippen LogP contribution in [0.4, 0.5) is 5.69 Å². The summed E-state index contributed by atoms with van der Waals surface area (Å²) in [6.07, 6.45) is 0. The molecular formula is C15H22N6O3S2. The molecule has 0 saturated carbocycles. The number of sulfonamides is 1. The number of aryl methyl sites for hydroxylation is 1. The first-order chi connectivity index (χ1) is 12.1. The van der Waals surface area contributed by atoms with Gasteiger partial charge in [0.05, 0.1) is 10.1 Å². The van der Waals surface area contributed by atoms with Crippen LogP contribution in [0.25, 0.3) is 0 Å². The van der Waals surface area contributed by atoms with Crippen LogP contribution in [-0.4, -0.2) is 40.5 Å². The highest BCUT2D eigenvalue weighted by Crippen LogP contribution is 2.22. The van der Waals surface area contributed by atoms with Crippen molar-refractivity contribution < 1.29 is 13.2 Å². The van der Waals surface area contributed by atoms with Crippen LogP contribution in [0.5, 0.6) is 0 Å². The summed E-state index contributed by atoms with van der Waals surface area (Å²) in [5.74, 6) is 6.06. The number of nitrogens with zero attached hydrogens (tertiary/aromatic N) is 3. The Bertz CT molecular complexity index is 877. The third kappa shape index (κ3) is 4.96. The minimum Gasteiger partial charge on any atom is -0.336 e. The van der Waals surface area contributed by atoms with Crippen LogP contribution >= 0.6 is 11.8 Å². The summed E-state index contributed by atoms with van der Waals surface area (Å²) in [4.78, 5) is 12.4. The van der Waals surface area contributed by atoms with E-state index in [9.17, 15) is 13.2 Å². The third-order valence-electron chi connectivity index (χ3n) is 3.31. The van der Waals surface area contributed by atoms with Crippen molar-refractivity contribution in [2.45, 2.75) is 49.0 Å². The predicted molar refractivity (Wildman–Crippen MR) is 101 cm³/mol. The first-order valence-corrected chi connectivity index (χ1v) is 10.2. The average molecular weight is 399 g/mol. The van der Waals surface area contributed by atoms with E-state index >= 15 is 0 Å². The maximum absolute atomic E-state index is 12.3. The molecule has 1 aromatic heterocycles. The van der Waals surface area contributed by atoms with Gasteiger partial charge in [-0.05, 0) is 52.0 Å². The smallest absolute Gasteiger partial charge is 0.240 e. The van der Waals surface area contributed by atoms with E-state index < -0.39 is 15.3 Å². The molecule has 2 rings (SSSR count). The topological polar surface area (TPSA) is 132 Å². The highest BCUT2D eigenvalue weighted by Gasteiger charge is 2.19. The van der Waals surface area contributed by atoms with Crippen molar-refractivity contribution in [3.05, 3.63) is 30.1 Å². The van der Waals surface area contributed by atoms with Crippen LogP contribution in [0.3, 0.4) is 0 Å². The van der Waals surface area contributed by atoms with Crippen LogP contribution in [-0.2, 0) is 14.8 Å². The molecule has 1 atom stereocenters. The second-order valence-corrected chi connectivity index (χ2v) is 8.97. The van der Waals surface area contributed by atoms with E-state index in [2.05, 4.69) is 20.2 Å². The summed E-state index contributed by atoms with van der Waals surface area (Å²) in [5.41, 5.74) is 0.497. The van der Waals surface area contributed by atoms with Crippen LogP contribution in [0.15, 0.2) is 34.3 Å². The van der Waals surface area contributed by atoms with E-state index in [1.54, 1.807) is 39.8 Å². The van der Waals surface area contributed by atoms with Crippen LogP contribution in [0.1, 0.15) is 26.6 Å². The molecule has 1 heterocycles. The number of carbonyl (C=O) groups is 1. The van der Waals surface area contributed by atoms with Gasteiger partial charge in [-0.2, -0.15) is 0 Å². The Morgan fingerprint density at radius 3 is 2.31 bits per heavy atom. The summed E-state index contributed by atoms with van der Waals surface area (Å²) in [6, 6.07) is 5.76. The number of hydrogen-bond donors (Lipinski definition) is 3. The molecular weight excluding hydrogens is 376 g/mol. The number of nitrogen functional groups attached to an aromatic ring is 1. The Hall–Kier alpha value is -2.11. The van der Waals surface area contributed by atoms with Gasteiger partial charge in [0.1, 0.15) is 5.82 Å². The normalized spacial score (nSPS) is 13.0. The van der Waals surface area contributed by atoms with Gasteiger partial charge < -0.3 is 11.2 Å². The average Bonchev–Trinajstić information content (AvgIpc) is 2.86. The minimum atomic E-state index is -3.56. The zero-order chi connectivity index (χ0) is 19.5. The molecule has 26 heavy (non-hydrogen) atoms. The molecule has 142 valence electrons. The first-order valence-electron chi connectivity index (χ1n) is 7.87. The lowest BCUT2D eigenvalue weighted by Crippen LogP contribution is -2.30. The maximum Gasteiger partial charge on any atom is 0.240 e. The lowest BCUT2D eigenvalue weighted by molar-refractivity contribution is -0.115. The zero-order valence-electron chi connectivity index (χ0n) is 14.9. The molecule has 0 fully saturated rings. The lowest BCUT2D eigenvalue weighted by atomic mass is 10.3. The number of aromatic nitrogens is 3. The maximum atomic E-state index is 12.3. The highest BCUT2D eigenvalue weighted by atomic mass is 32.2. The monoisotopic (exact) mass is 398 g/mol. The molecule has 0 aliphatic carbocycles. The largest absolute Gasteiger partial charge is 0.336 e. The van der Waals surface area contributed by atoms with Gasteiger partial charge in [-0.15, -0.1) is 10.2 Å². The van der Waals surface area contributed by atoms with Crippen LogP contribution in [0, 0.1) is 6.92 Å². The molecule has 0 bridgehead atoms. The number of thioether (sulfide) groups is 1. The lowest BCUT2D eigenvalue weighted by Gasteiger charge is -2.12. The number of hydrogen-bond acceptors (Lipinski definition) is 7. The third-order valence-corrected chi connectivity index (χ3v) is 6.04. The molecule has 0 spiro atoms. The molecule has 0 aliphatic rings. The number of rotatable bonds is 7. The van der Waals surface area contributed by atoms with E-state index in [0.29, 0.717) is 16.7 Å². The first kappa shape index (κ1) is 20.2. The van der Waals surface area contributed by atoms with Gasteiger partial charge in [0.15, 0.2) is 0 Å². The second-order valence-electron chi connectivity index (χ2n) is 5.95. The van der Waals surface area contributed by atoms with Crippen molar-refractivity contribution in [2.24, 2.45) is 0 Å². The van der Waals surface area contributed by atoms with Crippen molar-refractivity contribution in [1.82, 2.24) is 19.6 Å². The number of amides is 1. The van der Waals surface area contributed by atoms with Crippen molar-refractivity contribution in [2.75, 3.05) is 11.2 Å². The van der Waals surface area contributed by atoms with Gasteiger partial charge >= 0.3 is 0 Å². The Morgan fingerprint density at radius 2 is 1.81 bits per heavy atom. The van der Waals surface area contributed by atoms with E-state index in [0.717, 1.165) is 0 Å². The fourth-order valence-electron chi connectivity index (χ4n) is 1.98. The minimum absolute atomic E-state index is 0.137. The van der Waals surface area contributed by atoms with Crippen LogP contribution in [0.2, 0.25) is 0 Å². The quantitative estimate of drug-likeness (QED) is 0.470. The van der Waals surface area contributed by atoms with E-state index in [-0.39, 0.29) is 16.8 Å². The molecule has 0 saturated heterocycles. The molecule has 1 amide bonds. The molecule has 11 heteroatoms. The summed E-state index contributed by atoms with van der Waals surface area (Å²) >= 11 is 1.18. The molecule has 4 N–H and O–H groups in total. The van der Waals surface area contributed by atoms with Gasteiger partial charge in [-0.3, -0.25) is 4.79 Å². The SMILES string of the molecule is Cc1nnc(S[C@@H](C)C(=O)Nc2ccc(S(=O)(=O)NC(C)C)cc2)n1N. The summed E-state index contributed by atoms with van der Waals surface area (Å²) in [5, 5.41) is 10.4. The fraction of sp³-hybridized carbons (Fsp3) is 0.400. The molecule has 0 radical (unpaired) electrons. The standard InChI is InChI=1S/C15H22N6O3S2/c1-9(2)20-26(23,24)13-7-5-12(6-8-13)17-14(22)10(3)25-15-19-18-11(4)21(15)16/h5-10,20H,16H2,1-4H3,(H,17,22)/t10-/m0/s1. The summed E-state index contributed by atoms with van der Waals surface area (Å²) in [6.45, 7) is 6.92. The van der Waals surface area contributed by atoms with Gasteiger partial charge in [0.2, 0.25) is 21.1 Å². The second kappa shape index (κ2) is 8.06. The van der Waals surface area contributed by atoms with E-state index in [1.807, 2.05) is 0 Å². The van der Waals surface area contributed by atoms with Gasteiger partial charge in [0.25, 0.3) is 0 Å². The number of nitrogens with one attached hydrogen (secondary N) is 2. The molecule has 9 nitrogen and oxygen atoms in total. The Morgan fingerprint density at radius 1 is 1.19 bits per heavy atom. The Labute approximate surface area is 156 Å². The van der Waals surface area contributed by atoms with Crippen molar-refractivity contribution >= 4 is 33.4 Å². The Balaban J connectivity index is 2.02. The van der Waals surface area contributed by atoms with E-state index in [1.165, 1.54) is 28.6 Å². The number of nitrogens with two attached hydrogens (primary N) is 1. The van der Waals surface area contributed by atoms with Gasteiger partial charge in [-0.25, -0.2) is 17.8 Å². The highest BCUT2D eigenvalue weighted by molar-refractivity contribution is 8.00. The molecule has 1 aromatic carbocycles. The van der Waals surface area contributed by atoms with Gasteiger partial charge in [-0.1, -0.05) is 11.8 Å². The van der Waals surface area contributed by atoms with Crippen LogP contribution < -0.4 is 15.9 Å². The van der Waals surface area contributed by atoms with Crippen molar-refractivity contribution in [1.29, 1.82) is 0 Å². The molecule has 0 aliphatic heterocycles. The number of anilines is 1. The molecule has 0 unspecified atom stereocenters. The number of benzene rings is 1. The summed E-state index contributed by atoms with van der Waals surface area (Å²) in [7, 11) is -3.56.